The highest BCUT2D eigenvalue weighted by atomic mass is 14.5. The van der Waals surface area contributed by atoms with Crippen LogP contribution in [0.2, 0.25) is 0 Å². The maximum absolute atomic E-state index is 2.37. The van der Waals surface area contributed by atoms with Gasteiger partial charge in [0.25, 0.3) is 0 Å². The first kappa shape index (κ1) is 9.09. The van der Waals surface area contributed by atoms with Gasteiger partial charge in [0.1, 0.15) is 0 Å². The fourth-order valence-electron chi connectivity index (χ4n) is 2.60. The van der Waals surface area contributed by atoms with Crippen molar-refractivity contribution in [3.63, 3.8) is 0 Å². The van der Waals surface area contributed by atoms with Gasteiger partial charge in [-0.1, -0.05) is 46.5 Å². The molecule has 1 saturated carbocycles. The molecule has 0 aliphatic heterocycles. The second-order valence-electron chi connectivity index (χ2n) is 4.16. The van der Waals surface area contributed by atoms with Crippen molar-refractivity contribution in [3.05, 3.63) is 0 Å². The molecule has 0 spiro atoms. The third-order valence-electron chi connectivity index (χ3n) is 3.45. The van der Waals surface area contributed by atoms with Gasteiger partial charge in [-0.05, 0) is 24.2 Å². The van der Waals surface area contributed by atoms with E-state index in [1.165, 1.54) is 38.5 Å². The normalized spacial score (nSPS) is 35.7. The SMILES string of the molecule is CCCC1CC1(CC)CCC. The van der Waals surface area contributed by atoms with Gasteiger partial charge in [-0.3, -0.25) is 0 Å². The Hall–Kier alpha value is 0. The van der Waals surface area contributed by atoms with Crippen LogP contribution < -0.4 is 0 Å². The van der Waals surface area contributed by atoms with E-state index in [0.29, 0.717) is 0 Å². The molecule has 1 rings (SSSR count). The summed E-state index contributed by atoms with van der Waals surface area (Å²) in [4.78, 5) is 0. The number of hydrogen-bond donors (Lipinski definition) is 0. The fraction of sp³-hybridized carbons (Fsp3) is 1.00. The van der Waals surface area contributed by atoms with E-state index in [4.69, 9.17) is 0 Å². The molecule has 1 aliphatic rings. The van der Waals surface area contributed by atoms with Crippen molar-refractivity contribution < 1.29 is 0 Å². The van der Waals surface area contributed by atoms with Gasteiger partial charge in [0.15, 0.2) is 0 Å². The van der Waals surface area contributed by atoms with Gasteiger partial charge in [-0.15, -0.1) is 0 Å². The second kappa shape index (κ2) is 3.60. The van der Waals surface area contributed by atoms with Crippen LogP contribution in [0.25, 0.3) is 0 Å². The Labute approximate surface area is 71.4 Å². The first-order chi connectivity index (χ1) is 5.29. The van der Waals surface area contributed by atoms with Gasteiger partial charge in [-0.2, -0.15) is 0 Å². The molecular weight excluding hydrogens is 132 g/mol. The summed E-state index contributed by atoms with van der Waals surface area (Å²) in [5, 5.41) is 0. The van der Waals surface area contributed by atoms with E-state index in [2.05, 4.69) is 20.8 Å². The van der Waals surface area contributed by atoms with E-state index in [1.54, 1.807) is 0 Å². The second-order valence-corrected chi connectivity index (χ2v) is 4.16. The molecule has 0 heterocycles. The van der Waals surface area contributed by atoms with E-state index >= 15 is 0 Å². The quantitative estimate of drug-likeness (QED) is 0.561. The molecule has 2 atom stereocenters. The van der Waals surface area contributed by atoms with E-state index in [1.807, 2.05) is 0 Å². The van der Waals surface area contributed by atoms with Gasteiger partial charge in [0, 0.05) is 0 Å². The molecule has 0 bridgehead atoms. The van der Waals surface area contributed by atoms with Gasteiger partial charge < -0.3 is 0 Å². The first-order valence-electron chi connectivity index (χ1n) is 5.29. The van der Waals surface area contributed by atoms with E-state index < -0.39 is 0 Å². The summed E-state index contributed by atoms with van der Waals surface area (Å²) < 4.78 is 0. The van der Waals surface area contributed by atoms with Crippen LogP contribution in [0.5, 0.6) is 0 Å². The highest BCUT2D eigenvalue weighted by molar-refractivity contribution is 5.00. The molecule has 0 heteroatoms. The largest absolute Gasteiger partial charge is 0.0654 e. The highest BCUT2D eigenvalue weighted by Crippen LogP contribution is 2.60. The van der Waals surface area contributed by atoms with E-state index in [-0.39, 0.29) is 0 Å². The Bertz CT molecular complexity index is 117. The fourth-order valence-corrected chi connectivity index (χ4v) is 2.60. The number of rotatable bonds is 5. The minimum atomic E-state index is 0.810. The Morgan fingerprint density at radius 1 is 1.18 bits per heavy atom. The Morgan fingerprint density at radius 2 is 1.91 bits per heavy atom. The standard InChI is InChI=1S/C11H22/c1-4-7-10-9-11(10,6-3)8-5-2/h10H,4-9H2,1-3H3. The molecule has 0 amide bonds. The van der Waals surface area contributed by atoms with Crippen molar-refractivity contribution in [1.29, 1.82) is 0 Å². The summed E-state index contributed by atoms with van der Waals surface area (Å²) in [6.45, 7) is 6.99. The molecule has 0 radical (unpaired) electrons. The van der Waals surface area contributed by atoms with Crippen LogP contribution in [-0.2, 0) is 0 Å². The molecule has 1 aliphatic carbocycles. The number of hydrogen-bond acceptors (Lipinski definition) is 0. The summed E-state index contributed by atoms with van der Waals surface area (Å²) in [5.74, 6) is 1.09. The average molecular weight is 154 g/mol. The predicted octanol–water partition coefficient (Wildman–Crippen LogP) is 4.00. The summed E-state index contributed by atoms with van der Waals surface area (Å²) in [6.07, 6.45) is 8.68. The smallest absolute Gasteiger partial charge is 0.0269 e. The van der Waals surface area contributed by atoms with E-state index in [9.17, 15) is 0 Å². The van der Waals surface area contributed by atoms with Crippen LogP contribution >= 0.6 is 0 Å². The lowest BCUT2D eigenvalue weighted by Crippen LogP contribution is -2.01. The Morgan fingerprint density at radius 3 is 2.36 bits per heavy atom. The van der Waals surface area contributed by atoms with Gasteiger partial charge in [0.05, 0.1) is 0 Å². The summed E-state index contributed by atoms with van der Waals surface area (Å²) >= 11 is 0. The van der Waals surface area contributed by atoms with Crippen molar-refractivity contribution in [2.45, 2.75) is 59.3 Å². The zero-order valence-electron chi connectivity index (χ0n) is 8.32. The highest BCUT2D eigenvalue weighted by Gasteiger charge is 2.50. The lowest BCUT2D eigenvalue weighted by Gasteiger charge is -2.12. The molecule has 0 aromatic heterocycles. The monoisotopic (exact) mass is 154 g/mol. The average Bonchev–Trinajstić information content (AvgIpc) is 2.66. The van der Waals surface area contributed by atoms with Crippen molar-refractivity contribution in [2.75, 3.05) is 0 Å². The molecule has 66 valence electrons. The van der Waals surface area contributed by atoms with E-state index in [0.717, 1.165) is 11.3 Å². The van der Waals surface area contributed by atoms with Crippen LogP contribution in [-0.4, -0.2) is 0 Å². The third-order valence-corrected chi connectivity index (χ3v) is 3.45. The topological polar surface area (TPSA) is 0 Å². The molecule has 0 N–H and O–H groups in total. The van der Waals surface area contributed by atoms with Gasteiger partial charge in [0.2, 0.25) is 0 Å². The summed E-state index contributed by atoms with van der Waals surface area (Å²) in [5.41, 5.74) is 0.810. The van der Waals surface area contributed by atoms with Crippen molar-refractivity contribution in [1.82, 2.24) is 0 Å². The van der Waals surface area contributed by atoms with Gasteiger partial charge in [-0.25, -0.2) is 0 Å². The molecule has 0 aromatic carbocycles. The maximum atomic E-state index is 2.37. The molecule has 0 aromatic rings. The molecule has 1 fully saturated rings. The van der Waals surface area contributed by atoms with Crippen LogP contribution in [0.4, 0.5) is 0 Å². The zero-order valence-corrected chi connectivity index (χ0v) is 8.32. The molecular formula is C11H22. The van der Waals surface area contributed by atoms with Gasteiger partial charge >= 0.3 is 0 Å². The lowest BCUT2D eigenvalue weighted by atomic mass is 9.93. The summed E-state index contributed by atoms with van der Waals surface area (Å²) in [6, 6.07) is 0. The molecule has 0 nitrogen and oxygen atoms in total. The van der Waals surface area contributed by atoms with Crippen molar-refractivity contribution in [2.24, 2.45) is 11.3 Å². The minimum absolute atomic E-state index is 0.810. The molecule has 11 heavy (non-hydrogen) atoms. The predicted molar refractivity (Wildman–Crippen MR) is 50.6 cm³/mol. The van der Waals surface area contributed by atoms with Crippen LogP contribution in [0.1, 0.15) is 59.3 Å². The third kappa shape index (κ3) is 1.77. The molecule has 2 unspecified atom stereocenters. The van der Waals surface area contributed by atoms with Crippen LogP contribution in [0.15, 0.2) is 0 Å². The zero-order chi connectivity index (χ0) is 8.32. The van der Waals surface area contributed by atoms with Crippen LogP contribution in [0, 0.1) is 11.3 Å². The lowest BCUT2D eigenvalue weighted by molar-refractivity contribution is 0.387. The van der Waals surface area contributed by atoms with Crippen molar-refractivity contribution >= 4 is 0 Å². The van der Waals surface area contributed by atoms with Crippen molar-refractivity contribution in [3.8, 4) is 0 Å². The van der Waals surface area contributed by atoms with Crippen LogP contribution in [0.3, 0.4) is 0 Å². The maximum Gasteiger partial charge on any atom is -0.0269 e. The molecule has 0 saturated heterocycles. The Balaban J connectivity index is 2.30. The first-order valence-corrected chi connectivity index (χ1v) is 5.29. The Kier molecular flexibility index (Phi) is 2.98. The minimum Gasteiger partial charge on any atom is -0.0654 e. The summed E-state index contributed by atoms with van der Waals surface area (Å²) in [7, 11) is 0.